The number of carbonyl (C=O) groups is 9. The van der Waals surface area contributed by atoms with Crippen molar-refractivity contribution in [3.63, 3.8) is 0 Å². The van der Waals surface area contributed by atoms with E-state index < -0.39 is 104 Å². The first-order valence-electron chi connectivity index (χ1n) is 21.9. The molecule has 9 N–H and O–H groups in total. The number of aromatic nitrogens is 1. The molecule has 0 spiro atoms. The molecule has 0 saturated carbocycles. The number of benzene rings is 2. The van der Waals surface area contributed by atoms with Crippen LogP contribution in [0.4, 0.5) is 0 Å². The lowest BCUT2D eigenvalue weighted by atomic mass is 10.1. The van der Waals surface area contributed by atoms with Crippen LogP contribution in [-0.4, -0.2) is 205 Å². The van der Waals surface area contributed by atoms with Gasteiger partial charge in [-0.2, -0.15) is 0 Å². The predicted molar refractivity (Wildman–Crippen MR) is 241 cm³/mol. The molecule has 1 fully saturated rings. The van der Waals surface area contributed by atoms with Crippen molar-refractivity contribution in [1.29, 1.82) is 0 Å². The Labute approximate surface area is 389 Å². The highest BCUT2D eigenvalue weighted by Gasteiger charge is 2.27. The molecule has 2 aromatic carbocycles. The smallest absolute Gasteiger partial charge is 0.326 e. The van der Waals surface area contributed by atoms with Gasteiger partial charge in [0.05, 0.1) is 30.7 Å². The minimum absolute atomic E-state index is 0.0423. The molecule has 3 aromatic rings. The first-order valence-corrected chi connectivity index (χ1v) is 21.9. The summed E-state index contributed by atoms with van der Waals surface area (Å²) in [5, 5.41) is 64.6. The normalized spacial score (nSPS) is 16.1. The molecule has 370 valence electrons. The number of pyridine rings is 1. The van der Waals surface area contributed by atoms with Gasteiger partial charge < -0.3 is 51.2 Å². The molecule has 1 aliphatic rings. The Hall–Kier alpha value is -7.02. The van der Waals surface area contributed by atoms with Crippen molar-refractivity contribution in [1.82, 2.24) is 40.1 Å². The number of fused-ring (bicyclic) bond motifs is 2. The van der Waals surface area contributed by atoms with Gasteiger partial charge in [-0.3, -0.25) is 53.2 Å². The molecule has 2 heterocycles. The second kappa shape index (κ2) is 26.4. The van der Waals surface area contributed by atoms with Gasteiger partial charge in [-0.05, 0) is 43.5 Å². The standard InChI is InChI=1S/C44H58N8O16/c53-35(45-30(42(63)64)9-12-38(56)57)25-49-17-15-48(23-24-52-33-7-3-1-5-28(33)41(62)29-6-2-4-8-34(29)52)16-18-50(26-36(54)46-31(43(65)66)10-13-39(58)59)20-22-51(21-19-49)27-37(55)47-32(44(67)68)11-14-40(60)61/h1-8,30-32H,9-27H2,(H,45,53)(H,46,54)(H,47,55)(H,56,57)(H,58,59)(H,60,61)(H,63,64)(H,65,66)(H,67,68)/t30-,31-,32-/m0/s1. The van der Waals surface area contributed by atoms with Gasteiger partial charge in [0, 0.05) is 95.5 Å². The molecule has 68 heavy (non-hydrogen) atoms. The van der Waals surface area contributed by atoms with Crippen molar-refractivity contribution < 1.29 is 73.8 Å². The molecule has 3 amide bonds. The van der Waals surface area contributed by atoms with Crippen LogP contribution in [0.1, 0.15) is 38.5 Å². The van der Waals surface area contributed by atoms with Crippen LogP contribution < -0.4 is 21.4 Å². The highest BCUT2D eigenvalue weighted by atomic mass is 16.4. The Kier molecular flexibility index (Phi) is 20.8. The summed E-state index contributed by atoms with van der Waals surface area (Å²) >= 11 is 0. The lowest BCUT2D eigenvalue weighted by molar-refractivity contribution is -0.144. The summed E-state index contributed by atoms with van der Waals surface area (Å²) in [5.74, 6) is -10.3. The Morgan fingerprint density at radius 1 is 0.441 bits per heavy atom. The third-order valence-corrected chi connectivity index (χ3v) is 11.4. The Balaban J connectivity index is 1.66. The molecule has 24 heteroatoms. The summed E-state index contributed by atoms with van der Waals surface area (Å²) in [6.45, 7) is 0.716. The fraction of sp³-hybridized carbons (Fsp3) is 0.500. The molecule has 4 rings (SSSR count). The summed E-state index contributed by atoms with van der Waals surface area (Å²) in [6.07, 6.45) is -2.73. The van der Waals surface area contributed by atoms with Crippen LogP contribution in [0.5, 0.6) is 0 Å². The summed E-state index contributed by atoms with van der Waals surface area (Å²) < 4.78 is 2.02. The largest absolute Gasteiger partial charge is 0.481 e. The fourth-order valence-corrected chi connectivity index (χ4v) is 7.74. The molecule has 3 atom stereocenters. The number of aliphatic carboxylic acids is 6. The molecule has 24 nitrogen and oxygen atoms in total. The van der Waals surface area contributed by atoms with Crippen LogP contribution in [0.15, 0.2) is 53.3 Å². The van der Waals surface area contributed by atoms with Gasteiger partial charge in [0.2, 0.25) is 17.7 Å². The minimum Gasteiger partial charge on any atom is -0.481 e. The van der Waals surface area contributed by atoms with Gasteiger partial charge in [-0.25, -0.2) is 14.4 Å². The second-order valence-corrected chi connectivity index (χ2v) is 16.4. The van der Waals surface area contributed by atoms with Crippen LogP contribution in [0.25, 0.3) is 21.8 Å². The van der Waals surface area contributed by atoms with Crippen LogP contribution in [0, 0.1) is 0 Å². The molecule has 1 aromatic heterocycles. The lowest BCUT2D eigenvalue weighted by Gasteiger charge is -2.34. The van der Waals surface area contributed by atoms with E-state index in [1.807, 2.05) is 33.7 Å². The van der Waals surface area contributed by atoms with Crippen molar-refractivity contribution in [2.24, 2.45) is 0 Å². The van der Waals surface area contributed by atoms with Crippen molar-refractivity contribution >= 4 is 75.3 Å². The number of hydrogen-bond donors (Lipinski definition) is 9. The average Bonchev–Trinajstić information content (AvgIpc) is 3.27. The predicted octanol–water partition coefficient (Wildman–Crippen LogP) is -1.32. The Bertz CT molecular complexity index is 2250. The highest BCUT2D eigenvalue weighted by molar-refractivity contribution is 5.93. The molecule has 0 unspecified atom stereocenters. The zero-order valence-electron chi connectivity index (χ0n) is 37.3. The zero-order valence-corrected chi connectivity index (χ0v) is 37.3. The van der Waals surface area contributed by atoms with Crippen LogP contribution >= 0.6 is 0 Å². The van der Waals surface area contributed by atoms with E-state index in [2.05, 4.69) is 16.0 Å². The Morgan fingerprint density at radius 3 is 1.03 bits per heavy atom. The number of nitrogens with zero attached hydrogens (tertiary/aromatic N) is 5. The van der Waals surface area contributed by atoms with E-state index in [1.54, 1.807) is 39.0 Å². The summed E-state index contributed by atoms with van der Waals surface area (Å²) in [6, 6.07) is 9.81. The fourth-order valence-electron chi connectivity index (χ4n) is 7.74. The maximum atomic E-state index is 13.5. The van der Waals surface area contributed by atoms with E-state index >= 15 is 0 Å². The number of hydrogen-bond acceptors (Lipinski definition) is 14. The quantitative estimate of drug-likeness (QED) is 0.0470. The minimum atomic E-state index is -1.53. The number of para-hydroxylation sites is 2. The average molecular weight is 955 g/mol. The van der Waals surface area contributed by atoms with Gasteiger partial charge in [0.1, 0.15) is 18.1 Å². The second-order valence-electron chi connectivity index (χ2n) is 16.4. The first kappa shape index (κ1) is 53.6. The number of nitrogens with one attached hydrogen (secondary N) is 3. The monoisotopic (exact) mass is 954 g/mol. The van der Waals surface area contributed by atoms with Crippen LogP contribution in [0.3, 0.4) is 0 Å². The number of carboxylic acids is 6. The van der Waals surface area contributed by atoms with Gasteiger partial charge in [-0.1, -0.05) is 24.3 Å². The Morgan fingerprint density at radius 2 is 0.735 bits per heavy atom. The van der Waals surface area contributed by atoms with Gasteiger partial charge in [-0.15, -0.1) is 0 Å². The molecule has 1 aliphatic heterocycles. The summed E-state index contributed by atoms with van der Waals surface area (Å²) in [4.78, 5) is 130. The number of carboxylic acid groups (broad SMARTS) is 6. The van der Waals surface area contributed by atoms with Crippen molar-refractivity contribution in [2.75, 3.05) is 78.5 Å². The zero-order chi connectivity index (χ0) is 49.9. The van der Waals surface area contributed by atoms with Crippen LogP contribution in [0.2, 0.25) is 0 Å². The maximum Gasteiger partial charge on any atom is 0.326 e. The summed E-state index contributed by atoms with van der Waals surface area (Å²) in [7, 11) is 0. The van der Waals surface area contributed by atoms with E-state index in [9.17, 15) is 63.3 Å². The highest BCUT2D eigenvalue weighted by Crippen LogP contribution is 2.19. The van der Waals surface area contributed by atoms with E-state index in [1.165, 1.54) is 0 Å². The third kappa shape index (κ3) is 17.3. The van der Waals surface area contributed by atoms with Crippen molar-refractivity contribution in [2.45, 2.75) is 63.2 Å². The van der Waals surface area contributed by atoms with E-state index in [0.717, 1.165) is 0 Å². The molecular weight excluding hydrogens is 897 g/mol. The first-order chi connectivity index (χ1) is 32.3. The number of amides is 3. The van der Waals surface area contributed by atoms with Gasteiger partial charge in [0.15, 0.2) is 5.43 Å². The van der Waals surface area contributed by atoms with E-state index in [4.69, 9.17) is 15.3 Å². The SMILES string of the molecule is O=C(O)CC[C@H](NC(=O)CN1CCN(CCn2c3ccccc3c(=O)c3ccccc32)CCN(CC(=O)N[C@@H](CCC(=O)O)C(=O)O)CCN(CC(=O)N[C@@H](CCC(=O)O)C(=O)O)CC1)C(=O)O. The topological polar surface area (TPSA) is 346 Å². The molecule has 0 aliphatic carbocycles. The van der Waals surface area contributed by atoms with E-state index in [0.29, 0.717) is 34.9 Å². The molecule has 0 radical (unpaired) electrons. The van der Waals surface area contributed by atoms with Crippen LogP contribution in [-0.2, 0) is 49.7 Å². The van der Waals surface area contributed by atoms with E-state index in [-0.39, 0.29) is 83.7 Å². The molecule has 0 bridgehead atoms. The van der Waals surface area contributed by atoms with Crippen molar-refractivity contribution in [3.05, 3.63) is 58.8 Å². The maximum absolute atomic E-state index is 13.5. The lowest BCUT2D eigenvalue weighted by Crippen LogP contribution is -2.53. The number of carbonyl (C=O) groups excluding carboxylic acids is 3. The van der Waals surface area contributed by atoms with Gasteiger partial charge in [0.25, 0.3) is 0 Å². The van der Waals surface area contributed by atoms with Gasteiger partial charge >= 0.3 is 35.8 Å². The number of rotatable bonds is 24. The van der Waals surface area contributed by atoms with Crippen molar-refractivity contribution in [3.8, 4) is 0 Å². The summed E-state index contributed by atoms with van der Waals surface area (Å²) in [5.41, 5.74) is 1.25. The molecule has 1 saturated heterocycles. The molecular formula is C44H58N8O16. The third-order valence-electron chi connectivity index (χ3n) is 11.4.